The van der Waals surface area contributed by atoms with Crippen molar-refractivity contribution in [3.63, 3.8) is 0 Å². The van der Waals surface area contributed by atoms with Gasteiger partial charge in [-0.1, -0.05) is 13.0 Å². The van der Waals surface area contributed by atoms with Crippen LogP contribution in [0.4, 0.5) is 11.4 Å². The molecule has 0 bridgehead atoms. The molecule has 0 aromatic heterocycles. The Morgan fingerprint density at radius 1 is 1.25 bits per heavy atom. The van der Waals surface area contributed by atoms with Gasteiger partial charge in [-0.05, 0) is 18.9 Å². The molecule has 0 N–H and O–H groups in total. The van der Waals surface area contributed by atoms with Crippen LogP contribution in [0.1, 0.15) is 31.2 Å². The van der Waals surface area contributed by atoms with Gasteiger partial charge in [0.05, 0.1) is 15.2 Å². The molecular formula is C12H13ClN2O5. The number of Topliss-reactive ketones (excluding diaryl/α,β-unsaturated/α-hetero) is 1. The molecule has 20 heavy (non-hydrogen) atoms. The number of alkyl halides is 1. The zero-order chi connectivity index (χ0) is 15.4. The Kier molecular flexibility index (Phi) is 5.15. The molecule has 0 aliphatic rings. The van der Waals surface area contributed by atoms with Crippen LogP contribution < -0.4 is 0 Å². The van der Waals surface area contributed by atoms with Crippen LogP contribution in [0.5, 0.6) is 0 Å². The fourth-order valence-electron chi connectivity index (χ4n) is 1.95. The van der Waals surface area contributed by atoms with Crippen LogP contribution in [0.15, 0.2) is 18.2 Å². The topological polar surface area (TPSA) is 103 Å². The van der Waals surface area contributed by atoms with E-state index in [-0.39, 0.29) is 5.78 Å². The number of hydrogen-bond donors (Lipinski definition) is 0. The second kappa shape index (κ2) is 6.42. The second-order valence-corrected chi connectivity index (χ2v) is 4.76. The number of halogens is 1. The Hall–Kier alpha value is -2.02. The van der Waals surface area contributed by atoms with E-state index >= 15 is 0 Å². The highest BCUT2D eigenvalue weighted by Gasteiger charge is 2.29. The van der Waals surface area contributed by atoms with E-state index < -0.39 is 32.5 Å². The average Bonchev–Trinajstić information content (AvgIpc) is 2.37. The van der Waals surface area contributed by atoms with Crippen LogP contribution in [-0.2, 0) is 4.79 Å². The molecule has 1 aromatic rings. The summed E-state index contributed by atoms with van der Waals surface area (Å²) in [5.41, 5.74) is -0.902. The lowest BCUT2D eigenvalue weighted by molar-refractivity contribution is -0.422. The summed E-state index contributed by atoms with van der Waals surface area (Å²) in [4.78, 5) is 31.4. The van der Waals surface area contributed by atoms with Crippen molar-refractivity contribution in [2.24, 2.45) is 5.92 Å². The van der Waals surface area contributed by atoms with Crippen molar-refractivity contribution in [2.45, 2.75) is 25.6 Å². The molecule has 0 aliphatic carbocycles. The molecule has 2 unspecified atom stereocenters. The highest BCUT2D eigenvalue weighted by atomic mass is 35.5. The fraction of sp³-hybridized carbons (Fsp3) is 0.417. The van der Waals surface area contributed by atoms with Gasteiger partial charge in [0.15, 0.2) is 0 Å². The first kappa shape index (κ1) is 16.0. The van der Waals surface area contributed by atoms with E-state index in [1.54, 1.807) is 6.92 Å². The summed E-state index contributed by atoms with van der Waals surface area (Å²) in [5, 5.41) is 20.8. The third-order valence-electron chi connectivity index (χ3n) is 3.03. The van der Waals surface area contributed by atoms with E-state index in [0.29, 0.717) is 12.0 Å². The van der Waals surface area contributed by atoms with E-state index in [2.05, 4.69) is 0 Å². The van der Waals surface area contributed by atoms with Gasteiger partial charge in [-0.2, -0.15) is 0 Å². The molecule has 0 heterocycles. The van der Waals surface area contributed by atoms with Crippen LogP contribution in [0.3, 0.4) is 0 Å². The minimum atomic E-state index is -0.833. The molecule has 0 fully saturated rings. The van der Waals surface area contributed by atoms with Crippen molar-refractivity contribution in [3.8, 4) is 0 Å². The summed E-state index contributed by atoms with van der Waals surface area (Å²) in [6, 6.07) is 3.44. The Labute approximate surface area is 119 Å². The van der Waals surface area contributed by atoms with E-state index in [0.717, 1.165) is 12.1 Å². The maximum atomic E-state index is 11.5. The van der Waals surface area contributed by atoms with Crippen LogP contribution in [-0.4, -0.2) is 15.6 Å². The van der Waals surface area contributed by atoms with E-state index in [1.807, 2.05) is 0 Å². The van der Waals surface area contributed by atoms with Crippen molar-refractivity contribution in [1.82, 2.24) is 0 Å². The normalized spacial score (nSPS) is 13.6. The first-order valence-electron chi connectivity index (χ1n) is 5.86. The second-order valence-electron chi connectivity index (χ2n) is 4.29. The van der Waals surface area contributed by atoms with Crippen LogP contribution >= 0.6 is 11.6 Å². The highest BCUT2D eigenvalue weighted by Crippen LogP contribution is 2.36. The molecule has 1 rings (SSSR count). The van der Waals surface area contributed by atoms with E-state index in [1.165, 1.54) is 13.0 Å². The van der Waals surface area contributed by atoms with Crippen LogP contribution in [0, 0.1) is 26.1 Å². The third-order valence-corrected chi connectivity index (χ3v) is 3.58. The maximum absolute atomic E-state index is 11.5. The molecule has 0 radical (unpaired) electrons. The van der Waals surface area contributed by atoms with Gasteiger partial charge in [0.25, 0.3) is 0 Å². The summed E-state index contributed by atoms with van der Waals surface area (Å²) in [6.07, 6.45) is 0.480. The molecule has 8 heteroatoms. The molecule has 0 saturated carbocycles. The first-order chi connectivity index (χ1) is 9.29. The minimum absolute atomic E-state index is 0.131. The molecule has 0 spiro atoms. The van der Waals surface area contributed by atoms with Crippen molar-refractivity contribution in [2.75, 3.05) is 0 Å². The fourth-order valence-corrected chi connectivity index (χ4v) is 2.44. The molecule has 1 aromatic carbocycles. The van der Waals surface area contributed by atoms with Crippen molar-refractivity contribution in [3.05, 3.63) is 44.0 Å². The van der Waals surface area contributed by atoms with Crippen LogP contribution in [0.2, 0.25) is 0 Å². The number of benzene rings is 1. The Balaban J connectivity index is 3.27. The quantitative estimate of drug-likeness (QED) is 0.455. The van der Waals surface area contributed by atoms with E-state index in [4.69, 9.17) is 11.6 Å². The smallest absolute Gasteiger partial charge is 0.300 e. The number of hydrogen-bond acceptors (Lipinski definition) is 5. The molecule has 0 amide bonds. The lowest BCUT2D eigenvalue weighted by Gasteiger charge is -2.18. The Morgan fingerprint density at radius 3 is 2.20 bits per heavy atom. The van der Waals surface area contributed by atoms with Crippen LogP contribution in [0.25, 0.3) is 0 Å². The number of carbonyl (C=O) groups is 1. The lowest BCUT2D eigenvalue weighted by atomic mass is 9.92. The van der Waals surface area contributed by atoms with Gasteiger partial charge in [0.2, 0.25) is 0 Å². The highest BCUT2D eigenvalue weighted by molar-refractivity contribution is 6.22. The van der Waals surface area contributed by atoms with Gasteiger partial charge < -0.3 is 0 Å². The molecule has 2 atom stereocenters. The Bertz CT molecular complexity index is 561. The standard InChI is InChI=1S/C12H13ClN2O5/c1-3-9(7(2)16)12(13)8-4-5-10(14(17)18)11(6-8)15(19)20/h4-6,9,12H,3H2,1-2H3. The first-order valence-corrected chi connectivity index (χ1v) is 6.30. The number of nitro groups is 2. The predicted molar refractivity (Wildman–Crippen MR) is 72.8 cm³/mol. The number of nitro benzene ring substituents is 2. The predicted octanol–water partition coefficient (Wildman–Crippen LogP) is 3.40. The van der Waals surface area contributed by atoms with Gasteiger partial charge in [-0.15, -0.1) is 11.6 Å². The zero-order valence-corrected chi connectivity index (χ0v) is 11.7. The van der Waals surface area contributed by atoms with Gasteiger partial charge in [0.1, 0.15) is 5.78 Å². The Morgan fingerprint density at radius 2 is 1.80 bits per heavy atom. The maximum Gasteiger partial charge on any atom is 0.346 e. The van der Waals surface area contributed by atoms with Gasteiger partial charge in [-0.3, -0.25) is 25.0 Å². The average molecular weight is 301 g/mol. The number of ketones is 1. The van der Waals surface area contributed by atoms with Gasteiger partial charge >= 0.3 is 11.4 Å². The summed E-state index contributed by atoms with van der Waals surface area (Å²) >= 11 is 6.16. The molecular weight excluding hydrogens is 288 g/mol. The SMILES string of the molecule is CCC(C(C)=O)C(Cl)c1ccc([N+](=O)[O-])c([N+](=O)[O-])c1. The summed E-state index contributed by atoms with van der Waals surface area (Å²) in [6.45, 7) is 3.17. The van der Waals surface area contributed by atoms with Crippen molar-refractivity contribution >= 4 is 28.8 Å². The summed E-state index contributed by atoms with van der Waals surface area (Å²) < 4.78 is 0. The van der Waals surface area contributed by atoms with Crippen molar-refractivity contribution in [1.29, 1.82) is 0 Å². The zero-order valence-electron chi connectivity index (χ0n) is 10.9. The monoisotopic (exact) mass is 300 g/mol. The number of carbonyl (C=O) groups excluding carboxylic acids is 1. The summed E-state index contributed by atoms with van der Waals surface area (Å²) in [7, 11) is 0. The molecule has 0 aliphatic heterocycles. The van der Waals surface area contributed by atoms with Crippen molar-refractivity contribution < 1.29 is 14.6 Å². The molecule has 7 nitrogen and oxygen atoms in total. The summed E-state index contributed by atoms with van der Waals surface area (Å²) in [5.74, 6) is -0.619. The molecule has 108 valence electrons. The van der Waals surface area contributed by atoms with Gasteiger partial charge in [-0.25, -0.2) is 0 Å². The molecule has 0 saturated heterocycles. The number of rotatable bonds is 6. The number of nitrogens with zero attached hydrogens (tertiary/aromatic N) is 2. The van der Waals surface area contributed by atoms with Gasteiger partial charge in [0, 0.05) is 18.1 Å². The minimum Gasteiger partial charge on any atom is -0.300 e. The third kappa shape index (κ3) is 3.30. The lowest BCUT2D eigenvalue weighted by Crippen LogP contribution is -2.16. The van der Waals surface area contributed by atoms with E-state index in [9.17, 15) is 25.0 Å². The largest absolute Gasteiger partial charge is 0.346 e.